The maximum atomic E-state index is 14.5. The first-order chi connectivity index (χ1) is 8.70. The average Bonchev–Trinajstić information content (AvgIpc) is 2.97. The van der Waals surface area contributed by atoms with Crippen molar-refractivity contribution in [1.82, 2.24) is 10.2 Å². The Kier molecular flexibility index (Phi) is 3.45. The van der Waals surface area contributed by atoms with Gasteiger partial charge in [0.2, 0.25) is 5.67 Å². The Morgan fingerprint density at radius 1 is 1.37 bits per heavy atom. The highest BCUT2D eigenvalue weighted by atomic mass is 19.1. The predicted octanol–water partition coefficient (Wildman–Crippen LogP) is 1.61. The van der Waals surface area contributed by atoms with Gasteiger partial charge in [0.15, 0.2) is 0 Å². The number of hydrogen-bond donors (Lipinski definition) is 1. The number of nitrogens with zero attached hydrogens (tertiary/aromatic N) is 1. The van der Waals surface area contributed by atoms with Gasteiger partial charge in [0.05, 0.1) is 6.54 Å². The summed E-state index contributed by atoms with van der Waals surface area (Å²) < 4.78 is 19.7. The summed E-state index contributed by atoms with van der Waals surface area (Å²) in [5, 5.41) is 2.65. The zero-order valence-electron chi connectivity index (χ0n) is 11.7. The van der Waals surface area contributed by atoms with Gasteiger partial charge in [-0.15, -0.1) is 0 Å². The first kappa shape index (κ1) is 14.1. The van der Waals surface area contributed by atoms with Gasteiger partial charge >= 0.3 is 6.09 Å². The maximum absolute atomic E-state index is 14.5. The molecule has 0 spiro atoms. The summed E-state index contributed by atoms with van der Waals surface area (Å²) in [4.78, 5) is 24.9. The highest BCUT2D eigenvalue weighted by molar-refractivity contribution is 5.87. The summed E-state index contributed by atoms with van der Waals surface area (Å²) in [7, 11) is 0. The molecule has 5 nitrogen and oxygen atoms in total. The monoisotopic (exact) mass is 272 g/mol. The molecule has 6 heteroatoms. The van der Waals surface area contributed by atoms with Gasteiger partial charge in [-0.1, -0.05) is 0 Å². The summed E-state index contributed by atoms with van der Waals surface area (Å²) in [6.07, 6.45) is 1.30. The minimum atomic E-state index is -1.97. The Morgan fingerprint density at radius 3 is 2.53 bits per heavy atom. The average molecular weight is 272 g/mol. The SMILES string of the molecule is CC(C)(C)OC(=O)N1CCC(F)(C(=O)NC2CC2)C1. The van der Waals surface area contributed by atoms with E-state index in [9.17, 15) is 14.0 Å². The van der Waals surface area contributed by atoms with Crippen LogP contribution in [0.1, 0.15) is 40.0 Å². The van der Waals surface area contributed by atoms with Crippen molar-refractivity contribution in [3.63, 3.8) is 0 Å². The second-order valence-electron chi connectivity index (χ2n) is 6.36. The topological polar surface area (TPSA) is 58.6 Å². The molecule has 1 saturated heterocycles. The lowest BCUT2D eigenvalue weighted by Gasteiger charge is -2.25. The lowest BCUT2D eigenvalue weighted by atomic mass is 10.1. The molecular formula is C13H21FN2O3. The molecule has 2 rings (SSSR count). The predicted molar refractivity (Wildman–Crippen MR) is 67.4 cm³/mol. The van der Waals surface area contributed by atoms with Gasteiger partial charge in [0.1, 0.15) is 5.60 Å². The second kappa shape index (κ2) is 4.65. The van der Waals surface area contributed by atoms with Crippen LogP contribution in [0.15, 0.2) is 0 Å². The summed E-state index contributed by atoms with van der Waals surface area (Å²) in [5.74, 6) is -0.596. The molecular weight excluding hydrogens is 251 g/mol. The van der Waals surface area contributed by atoms with Crippen LogP contribution in [0.25, 0.3) is 0 Å². The van der Waals surface area contributed by atoms with E-state index in [0.717, 1.165) is 12.8 Å². The van der Waals surface area contributed by atoms with E-state index in [1.54, 1.807) is 20.8 Å². The number of ether oxygens (including phenoxy) is 1. The van der Waals surface area contributed by atoms with Crippen molar-refractivity contribution in [3.8, 4) is 0 Å². The Morgan fingerprint density at radius 2 is 2.00 bits per heavy atom. The molecule has 19 heavy (non-hydrogen) atoms. The van der Waals surface area contributed by atoms with Crippen LogP contribution in [0.5, 0.6) is 0 Å². The minimum absolute atomic E-state index is 0.0325. The molecule has 0 bridgehead atoms. The van der Waals surface area contributed by atoms with Gasteiger partial charge in [0, 0.05) is 19.0 Å². The number of hydrogen-bond acceptors (Lipinski definition) is 3. The van der Waals surface area contributed by atoms with Crippen molar-refractivity contribution in [1.29, 1.82) is 0 Å². The van der Waals surface area contributed by atoms with E-state index in [-0.39, 0.29) is 25.6 Å². The van der Waals surface area contributed by atoms with E-state index < -0.39 is 23.3 Å². The second-order valence-corrected chi connectivity index (χ2v) is 6.36. The number of rotatable bonds is 2. The lowest BCUT2D eigenvalue weighted by Crippen LogP contribution is -2.47. The minimum Gasteiger partial charge on any atom is -0.444 e. The van der Waals surface area contributed by atoms with Gasteiger partial charge in [-0.05, 0) is 33.6 Å². The zero-order chi connectivity index (χ0) is 14.3. The first-order valence-electron chi connectivity index (χ1n) is 6.67. The molecule has 0 aromatic carbocycles. The number of carbonyl (C=O) groups is 2. The number of likely N-dealkylation sites (tertiary alicyclic amines) is 1. The van der Waals surface area contributed by atoms with Crippen LogP contribution in [-0.4, -0.2) is 47.3 Å². The van der Waals surface area contributed by atoms with Crippen molar-refractivity contribution in [2.24, 2.45) is 0 Å². The fraction of sp³-hybridized carbons (Fsp3) is 0.846. The summed E-state index contributed by atoms with van der Waals surface area (Å²) in [6, 6.07) is 0.121. The number of alkyl halides is 1. The molecule has 1 unspecified atom stereocenters. The van der Waals surface area contributed by atoms with E-state index >= 15 is 0 Å². The van der Waals surface area contributed by atoms with Crippen LogP contribution in [-0.2, 0) is 9.53 Å². The van der Waals surface area contributed by atoms with E-state index in [2.05, 4.69) is 5.32 Å². The Balaban J connectivity index is 1.90. The van der Waals surface area contributed by atoms with E-state index in [4.69, 9.17) is 4.74 Å². The molecule has 1 saturated carbocycles. The summed E-state index contributed by atoms with van der Waals surface area (Å²) in [6.45, 7) is 5.25. The van der Waals surface area contributed by atoms with Crippen LogP contribution in [0, 0.1) is 0 Å². The standard InChI is InChI=1S/C13H21FN2O3/c1-12(2,3)19-11(18)16-7-6-13(14,8-16)10(17)15-9-4-5-9/h9H,4-8H2,1-3H3,(H,15,17). The zero-order valence-corrected chi connectivity index (χ0v) is 11.7. The lowest BCUT2D eigenvalue weighted by molar-refractivity contribution is -0.132. The molecule has 108 valence electrons. The molecule has 0 aromatic heterocycles. The van der Waals surface area contributed by atoms with Gasteiger partial charge in [0.25, 0.3) is 5.91 Å². The molecule has 1 aliphatic heterocycles. The first-order valence-corrected chi connectivity index (χ1v) is 6.67. The van der Waals surface area contributed by atoms with Crippen molar-refractivity contribution in [2.45, 2.75) is 57.3 Å². The van der Waals surface area contributed by atoms with Crippen molar-refractivity contribution < 1.29 is 18.7 Å². The fourth-order valence-corrected chi connectivity index (χ4v) is 1.98. The van der Waals surface area contributed by atoms with Gasteiger partial charge in [-0.3, -0.25) is 4.79 Å². The number of amides is 2. The van der Waals surface area contributed by atoms with Crippen molar-refractivity contribution >= 4 is 12.0 Å². The largest absolute Gasteiger partial charge is 0.444 e. The van der Waals surface area contributed by atoms with E-state index in [0.29, 0.717) is 0 Å². The molecule has 2 fully saturated rings. The Hall–Kier alpha value is -1.33. The van der Waals surface area contributed by atoms with Crippen LogP contribution in [0.4, 0.5) is 9.18 Å². The molecule has 2 aliphatic rings. The van der Waals surface area contributed by atoms with Crippen molar-refractivity contribution in [2.75, 3.05) is 13.1 Å². The third-order valence-corrected chi connectivity index (χ3v) is 3.19. The number of nitrogens with one attached hydrogen (secondary N) is 1. The van der Waals surface area contributed by atoms with E-state index in [1.807, 2.05) is 0 Å². The normalized spacial score (nSPS) is 27.3. The number of halogens is 1. The number of carbonyl (C=O) groups excluding carboxylic acids is 2. The van der Waals surface area contributed by atoms with Crippen LogP contribution >= 0.6 is 0 Å². The Bertz CT molecular complexity index is 390. The van der Waals surface area contributed by atoms with Gasteiger partial charge < -0.3 is 15.0 Å². The third-order valence-electron chi connectivity index (χ3n) is 3.19. The molecule has 1 aliphatic carbocycles. The molecule has 0 radical (unpaired) electrons. The molecule has 1 heterocycles. The highest BCUT2D eigenvalue weighted by Gasteiger charge is 2.48. The molecule has 0 aromatic rings. The van der Waals surface area contributed by atoms with Gasteiger partial charge in [-0.2, -0.15) is 0 Å². The third kappa shape index (κ3) is 3.58. The van der Waals surface area contributed by atoms with Crippen LogP contribution in [0.3, 0.4) is 0 Å². The quantitative estimate of drug-likeness (QED) is 0.831. The molecule has 1 atom stereocenters. The van der Waals surface area contributed by atoms with Gasteiger partial charge in [-0.25, -0.2) is 9.18 Å². The van der Waals surface area contributed by atoms with Crippen LogP contribution < -0.4 is 5.32 Å². The summed E-state index contributed by atoms with van der Waals surface area (Å²) >= 11 is 0. The maximum Gasteiger partial charge on any atom is 0.410 e. The summed E-state index contributed by atoms with van der Waals surface area (Å²) in [5.41, 5.74) is -2.59. The molecule has 2 amide bonds. The smallest absolute Gasteiger partial charge is 0.410 e. The Labute approximate surface area is 112 Å². The molecule has 1 N–H and O–H groups in total. The van der Waals surface area contributed by atoms with Crippen molar-refractivity contribution in [3.05, 3.63) is 0 Å². The highest BCUT2D eigenvalue weighted by Crippen LogP contribution is 2.29. The fourth-order valence-electron chi connectivity index (χ4n) is 1.98. The van der Waals surface area contributed by atoms with E-state index in [1.165, 1.54) is 4.90 Å². The van der Waals surface area contributed by atoms with Crippen LogP contribution in [0.2, 0.25) is 0 Å².